The highest BCUT2D eigenvalue weighted by Gasteiger charge is 2.18. The van der Waals surface area contributed by atoms with E-state index in [1.165, 1.54) is 34.9 Å². The van der Waals surface area contributed by atoms with Crippen LogP contribution in [0.5, 0.6) is 0 Å². The molecule has 0 aliphatic carbocycles. The van der Waals surface area contributed by atoms with Crippen LogP contribution in [0.1, 0.15) is 10.5 Å². The number of amides is 1. The third-order valence-corrected chi connectivity index (χ3v) is 4.60. The number of nitrogens with two attached hydrogens (primary N) is 1. The molecule has 0 unspecified atom stereocenters. The number of nitrogens with zero attached hydrogens (tertiary/aromatic N) is 2. The zero-order chi connectivity index (χ0) is 20.7. The van der Waals surface area contributed by atoms with Gasteiger partial charge < -0.3 is 10.3 Å². The molecule has 3 aromatic carbocycles. The number of carbonyl (C=O) groups is 1. The highest BCUT2D eigenvalue weighted by atomic mass is 19.1. The molecule has 4 rings (SSSR count). The maximum absolute atomic E-state index is 14.2. The number of hydrogen-bond acceptors (Lipinski definition) is 3. The summed E-state index contributed by atoms with van der Waals surface area (Å²) in [6, 6.07) is 15.5. The maximum atomic E-state index is 14.2. The standard InChI is InChI=1S/C21H13F2N3O3/c22-14-5-7-17(18(23)10-14)12-2-1-3-15(8-12)25-19-11-16(26(28)29)6-4-13(19)9-20(25)21(24)27/h1-11H,(H2,24,27). The monoisotopic (exact) mass is 393 g/mol. The number of fused-ring (bicyclic) bond motifs is 1. The summed E-state index contributed by atoms with van der Waals surface area (Å²) in [4.78, 5) is 22.6. The first kappa shape index (κ1) is 18.3. The predicted molar refractivity (Wildman–Crippen MR) is 104 cm³/mol. The average molecular weight is 393 g/mol. The van der Waals surface area contributed by atoms with Gasteiger partial charge in [0.2, 0.25) is 0 Å². The van der Waals surface area contributed by atoms with Gasteiger partial charge in [-0.15, -0.1) is 0 Å². The van der Waals surface area contributed by atoms with Crippen molar-refractivity contribution in [2.75, 3.05) is 0 Å². The first-order chi connectivity index (χ1) is 13.8. The van der Waals surface area contributed by atoms with Gasteiger partial charge in [-0.2, -0.15) is 0 Å². The topological polar surface area (TPSA) is 91.2 Å². The van der Waals surface area contributed by atoms with Crippen molar-refractivity contribution in [3.8, 4) is 16.8 Å². The smallest absolute Gasteiger partial charge is 0.271 e. The number of aromatic nitrogens is 1. The van der Waals surface area contributed by atoms with Crippen LogP contribution in [0.15, 0.2) is 66.7 Å². The van der Waals surface area contributed by atoms with Crippen molar-refractivity contribution >= 4 is 22.5 Å². The van der Waals surface area contributed by atoms with Crippen LogP contribution >= 0.6 is 0 Å². The van der Waals surface area contributed by atoms with Crippen molar-refractivity contribution in [1.82, 2.24) is 4.57 Å². The van der Waals surface area contributed by atoms with Crippen LogP contribution in [0, 0.1) is 21.7 Å². The summed E-state index contributed by atoms with van der Waals surface area (Å²) >= 11 is 0. The Morgan fingerprint density at radius 2 is 1.79 bits per heavy atom. The van der Waals surface area contributed by atoms with E-state index < -0.39 is 22.5 Å². The number of non-ortho nitro benzene ring substituents is 1. The fourth-order valence-electron chi connectivity index (χ4n) is 3.30. The predicted octanol–water partition coefficient (Wildman–Crippen LogP) is 4.58. The second kappa shape index (κ2) is 6.83. The number of halogens is 2. The molecule has 1 heterocycles. The van der Waals surface area contributed by atoms with Crippen molar-refractivity contribution in [3.05, 3.63) is 94.2 Å². The summed E-state index contributed by atoms with van der Waals surface area (Å²) < 4.78 is 28.9. The van der Waals surface area contributed by atoms with E-state index in [4.69, 9.17) is 5.73 Å². The fraction of sp³-hybridized carbons (Fsp3) is 0. The third kappa shape index (κ3) is 3.20. The van der Waals surface area contributed by atoms with E-state index >= 15 is 0 Å². The van der Waals surface area contributed by atoms with Crippen LogP contribution in [-0.2, 0) is 0 Å². The average Bonchev–Trinajstić information content (AvgIpc) is 3.07. The SMILES string of the molecule is NC(=O)c1cc2ccc([N+](=O)[O-])cc2n1-c1cccc(-c2ccc(F)cc2F)c1. The fourth-order valence-corrected chi connectivity index (χ4v) is 3.30. The molecule has 0 spiro atoms. The molecule has 0 atom stereocenters. The van der Waals surface area contributed by atoms with Gasteiger partial charge in [0.1, 0.15) is 17.3 Å². The van der Waals surface area contributed by atoms with Gasteiger partial charge in [0.15, 0.2) is 0 Å². The van der Waals surface area contributed by atoms with Gasteiger partial charge in [0, 0.05) is 34.8 Å². The van der Waals surface area contributed by atoms with Crippen LogP contribution in [0.25, 0.3) is 27.7 Å². The molecule has 6 nitrogen and oxygen atoms in total. The minimum atomic E-state index is -0.731. The molecule has 0 aliphatic rings. The van der Waals surface area contributed by atoms with Crippen LogP contribution in [0.2, 0.25) is 0 Å². The van der Waals surface area contributed by atoms with E-state index in [1.54, 1.807) is 24.3 Å². The third-order valence-electron chi connectivity index (χ3n) is 4.60. The number of nitro groups is 1. The Labute approximate surface area is 162 Å². The lowest BCUT2D eigenvalue weighted by molar-refractivity contribution is -0.384. The van der Waals surface area contributed by atoms with Crippen molar-refractivity contribution in [2.45, 2.75) is 0 Å². The molecular formula is C21H13F2N3O3. The molecule has 1 amide bonds. The van der Waals surface area contributed by atoms with E-state index in [0.29, 0.717) is 22.2 Å². The Morgan fingerprint density at radius 1 is 1.00 bits per heavy atom. The molecule has 0 fully saturated rings. The van der Waals surface area contributed by atoms with Crippen LogP contribution in [0.3, 0.4) is 0 Å². The van der Waals surface area contributed by atoms with E-state index in [1.807, 2.05) is 0 Å². The number of hydrogen-bond donors (Lipinski definition) is 1. The van der Waals surface area contributed by atoms with Gasteiger partial charge in [-0.25, -0.2) is 8.78 Å². The van der Waals surface area contributed by atoms with Crippen molar-refractivity contribution < 1.29 is 18.5 Å². The van der Waals surface area contributed by atoms with Gasteiger partial charge in [-0.1, -0.05) is 12.1 Å². The van der Waals surface area contributed by atoms with Crippen molar-refractivity contribution in [1.29, 1.82) is 0 Å². The van der Waals surface area contributed by atoms with Crippen LogP contribution in [0.4, 0.5) is 14.5 Å². The highest BCUT2D eigenvalue weighted by molar-refractivity contribution is 5.99. The molecule has 0 bridgehead atoms. The molecule has 29 heavy (non-hydrogen) atoms. The molecule has 2 N–H and O–H groups in total. The number of primary amides is 1. The summed E-state index contributed by atoms with van der Waals surface area (Å²) in [5, 5.41) is 11.8. The molecule has 144 valence electrons. The molecular weight excluding hydrogens is 380 g/mol. The summed E-state index contributed by atoms with van der Waals surface area (Å²) in [5.41, 5.74) is 6.97. The minimum absolute atomic E-state index is 0.122. The number of carbonyl (C=O) groups excluding carboxylic acids is 1. The maximum Gasteiger partial charge on any atom is 0.271 e. The normalized spacial score (nSPS) is 11.0. The minimum Gasteiger partial charge on any atom is -0.364 e. The second-order valence-corrected chi connectivity index (χ2v) is 6.40. The lowest BCUT2D eigenvalue weighted by Crippen LogP contribution is -2.16. The van der Waals surface area contributed by atoms with Crippen molar-refractivity contribution in [3.63, 3.8) is 0 Å². The highest BCUT2D eigenvalue weighted by Crippen LogP contribution is 2.31. The summed E-state index contributed by atoms with van der Waals surface area (Å²) in [6.07, 6.45) is 0. The van der Waals surface area contributed by atoms with Crippen LogP contribution < -0.4 is 5.73 Å². The molecule has 1 aromatic heterocycles. The summed E-state index contributed by atoms with van der Waals surface area (Å²) in [5.74, 6) is -2.14. The van der Waals surface area contributed by atoms with E-state index in [9.17, 15) is 23.7 Å². The second-order valence-electron chi connectivity index (χ2n) is 6.40. The Kier molecular flexibility index (Phi) is 4.31. The Balaban J connectivity index is 1.96. The Hall–Kier alpha value is -4.07. The van der Waals surface area contributed by atoms with Gasteiger partial charge >= 0.3 is 0 Å². The largest absolute Gasteiger partial charge is 0.364 e. The van der Waals surface area contributed by atoms with Gasteiger partial charge in [0.25, 0.3) is 11.6 Å². The number of nitro benzene ring substituents is 1. The van der Waals surface area contributed by atoms with Crippen molar-refractivity contribution in [2.24, 2.45) is 5.73 Å². The Morgan fingerprint density at radius 3 is 2.48 bits per heavy atom. The van der Waals surface area contributed by atoms with E-state index in [0.717, 1.165) is 12.1 Å². The summed E-state index contributed by atoms with van der Waals surface area (Å²) in [6.45, 7) is 0. The van der Waals surface area contributed by atoms with Gasteiger partial charge in [0.05, 0.1) is 10.4 Å². The molecule has 0 radical (unpaired) electrons. The zero-order valence-corrected chi connectivity index (χ0v) is 14.8. The van der Waals surface area contributed by atoms with E-state index in [2.05, 4.69) is 0 Å². The molecule has 0 aliphatic heterocycles. The molecule has 8 heteroatoms. The molecule has 0 saturated carbocycles. The summed E-state index contributed by atoms with van der Waals surface area (Å²) in [7, 11) is 0. The van der Waals surface area contributed by atoms with E-state index in [-0.39, 0.29) is 16.9 Å². The zero-order valence-electron chi connectivity index (χ0n) is 14.8. The molecule has 0 saturated heterocycles. The first-order valence-electron chi connectivity index (χ1n) is 8.51. The quantitative estimate of drug-likeness (QED) is 0.406. The van der Waals surface area contributed by atoms with Gasteiger partial charge in [-0.3, -0.25) is 14.9 Å². The lowest BCUT2D eigenvalue weighted by Gasteiger charge is -2.11. The number of benzene rings is 3. The number of rotatable bonds is 4. The van der Waals surface area contributed by atoms with Crippen LogP contribution in [-0.4, -0.2) is 15.4 Å². The first-order valence-corrected chi connectivity index (χ1v) is 8.51. The van der Waals surface area contributed by atoms with Gasteiger partial charge in [-0.05, 0) is 42.0 Å². The Bertz CT molecular complexity index is 1300. The molecule has 4 aromatic rings. The lowest BCUT2D eigenvalue weighted by atomic mass is 10.0.